The molecular weight excluding hydrogens is 328 g/mol. The van der Waals surface area contributed by atoms with E-state index in [1.165, 1.54) is 6.08 Å². The van der Waals surface area contributed by atoms with Crippen molar-refractivity contribution in [3.63, 3.8) is 0 Å². The normalized spacial score (nSPS) is 10.6. The molecule has 0 saturated heterocycles. The lowest BCUT2D eigenvalue weighted by Gasteiger charge is -2.00. The number of hydrogen-bond donors (Lipinski definition) is 0. The van der Waals surface area contributed by atoms with Crippen molar-refractivity contribution in [1.82, 2.24) is 0 Å². The Kier molecular flexibility index (Phi) is 4.77. The van der Waals surface area contributed by atoms with Crippen molar-refractivity contribution < 1.29 is 9.53 Å². The molecule has 0 aliphatic rings. The summed E-state index contributed by atoms with van der Waals surface area (Å²) in [7, 11) is 0. The summed E-state index contributed by atoms with van der Waals surface area (Å²) in [4.78, 5) is 11.6. The molecule has 2 aromatic rings. The zero-order valence-corrected chi connectivity index (χ0v) is 12.2. The van der Waals surface area contributed by atoms with Crippen LogP contribution in [0.1, 0.15) is 5.56 Å². The average Bonchev–Trinajstić information content (AvgIpc) is 2.39. The van der Waals surface area contributed by atoms with Gasteiger partial charge in [-0.05, 0) is 48.0 Å². The Labute approximate surface area is 124 Å². The van der Waals surface area contributed by atoms with Crippen molar-refractivity contribution in [3.05, 3.63) is 69.7 Å². The smallest absolute Gasteiger partial charge is 0.336 e. The first kappa shape index (κ1) is 13.8. The third-order valence-electron chi connectivity index (χ3n) is 2.29. The minimum absolute atomic E-state index is 0.428. The van der Waals surface area contributed by atoms with Crippen LogP contribution in [0, 0.1) is 0 Å². The quantitative estimate of drug-likeness (QED) is 0.460. The van der Waals surface area contributed by atoms with E-state index in [1.54, 1.807) is 30.3 Å². The molecule has 0 spiro atoms. The maximum absolute atomic E-state index is 11.6. The first-order valence-electron chi connectivity index (χ1n) is 5.54. The molecule has 0 atom stereocenters. The van der Waals surface area contributed by atoms with Crippen LogP contribution >= 0.6 is 27.5 Å². The molecule has 0 aliphatic carbocycles. The third kappa shape index (κ3) is 4.54. The van der Waals surface area contributed by atoms with Gasteiger partial charge in [0.1, 0.15) is 5.75 Å². The fourth-order valence-electron chi connectivity index (χ4n) is 1.43. The van der Waals surface area contributed by atoms with Crippen LogP contribution < -0.4 is 4.74 Å². The van der Waals surface area contributed by atoms with E-state index in [-0.39, 0.29) is 0 Å². The summed E-state index contributed by atoms with van der Waals surface area (Å²) < 4.78 is 6.08. The summed E-state index contributed by atoms with van der Waals surface area (Å²) in [6.45, 7) is 0. The molecule has 4 heteroatoms. The molecule has 0 aliphatic heterocycles. The summed E-state index contributed by atoms with van der Waals surface area (Å²) >= 11 is 9.11. The highest BCUT2D eigenvalue weighted by Crippen LogP contribution is 2.16. The van der Waals surface area contributed by atoms with Gasteiger partial charge in [-0.25, -0.2) is 4.79 Å². The number of carbonyl (C=O) groups excluding carboxylic acids is 1. The maximum Gasteiger partial charge on any atom is 0.336 e. The Hall–Kier alpha value is -1.58. The summed E-state index contributed by atoms with van der Waals surface area (Å²) in [5.74, 6) is 0.0376. The zero-order chi connectivity index (χ0) is 13.7. The molecule has 0 amide bonds. The summed E-state index contributed by atoms with van der Waals surface area (Å²) in [6.07, 6.45) is 3.08. The van der Waals surface area contributed by atoms with E-state index in [2.05, 4.69) is 15.9 Å². The second kappa shape index (κ2) is 6.55. The lowest BCUT2D eigenvalue weighted by Crippen LogP contribution is -2.03. The van der Waals surface area contributed by atoms with Crippen LogP contribution in [0.4, 0.5) is 0 Å². The highest BCUT2D eigenvalue weighted by molar-refractivity contribution is 9.10. The Morgan fingerprint density at radius 3 is 2.58 bits per heavy atom. The number of ether oxygens (including phenoxy) is 1. The lowest BCUT2D eigenvalue weighted by molar-refractivity contribution is -0.128. The number of halogens is 2. The van der Waals surface area contributed by atoms with Gasteiger partial charge in [-0.15, -0.1) is 0 Å². The number of esters is 1. The molecule has 0 bridgehead atoms. The van der Waals surface area contributed by atoms with Crippen LogP contribution in [-0.2, 0) is 4.79 Å². The summed E-state index contributed by atoms with van der Waals surface area (Å²) in [6, 6.07) is 14.3. The SMILES string of the molecule is O=C(/C=C/c1cccc(Br)c1)Oc1ccc(Cl)cc1. The van der Waals surface area contributed by atoms with Crippen molar-refractivity contribution in [3.8, 4) is 5.75 Å². The van der Waals surface area contributed by atoms with Crippen LogP contribution in [0.5, 0.6) is 5.75 Å². The van der Waals surface area contributed by atoms with Gasteiger partial charge in [-0.2, -0.15) is 0 Å². The van der Waals surface area contributed by atoms with Crippen LogP contribution in [0.3, 0.4) is 0 Å². The summed E-state index contributed by atoms with van der Waals surface area (Å²) in [5.41, 5.74) is 0.919. The van der Waals surface area contributed by atoms with Crippen molar-refractivity contribution in [2.75, 3.05) is 0 Å². The highest BCUT2D eigenvalue weighted by atomic mass is 79.9. The molecule has 19 heavy (non-hydrogen) atoms. The zero-order valence-electron chi connectivity index (χ0n) is 9.85. The molecule has 0 heterocycles. The molecule has 0 unspecified atom stereocenters. The maximum atomic E-state index is 11.6. The minimum Gasteiger partial charge on any atom is -0.423 e. The predicted molar refractivity (Wildman–Crippen MR) is 80.3 cm³/mol. The van der Waals surface area contributed by atoms with Crippen molar-refractivity contribution in [1.29, 1.82) is 0 Å². The first-order chi connectivity index (χ1) is 9.13. The van der Waals surface area contributed by atoms with Gasteiger partial charge in [-0.3, -0.25) is 0 Å². The standard InChI is InChI=1S/C15H10BrClO2/c16-12-3-1-2-11(10-12)4-9-15(18)19-14-7-5-13(17)6-8-14/h1-10H/b9-4+. The molecule has 0 saturated carbocycles. The van der Waals surface area contributed by atoms with Gasteiger partial charge < -0.3 is 4.74 Å². The summed E-state index contributed by atoms with van der Waals surface area (Å²) in [5, 5.41) is 0.601. The van der Waals surface area contributed by atoms with Gasteiger partial charge in [0.05, 0.1) is 0 Å². The predicted octanol–water partition coefficient (Wildman–Crippen LogP) is 4.72. The van der Waals surface area contributed by atoms with Crippen molar-refractivity contribution >= 4 is 39.6 Å². The van der Waals surface area contributed by atoms with Gasteiger partial charge in [0, 0.05) is 15.6 Å². The van der Waals surface area contributed by atoms with Gasteiger partial charge in [-0.1, -0.05) is 39.7 Å². The molecule has 2 rings (SSSR count). The van der Waals surface area contributed by atoms with Gasteiger partial charge >= 0.3 is 5.97 Å². The van der Waals surface area contributed by atoms with Crippen LogP contribution in [-0.4, -0.2) is 5.97 Å². The van der Waals surface area contributed by atoms with E-state index in [4.69, 9.17) is 16.3 Å². The Balaban J connectivity index is 1.99. The second-order valence-corrected chi connectivity index (χ2v) is 5.12. The van der Waals surface area contributed by atoms with E-state index >= 15 is 0 Å². The van der Waals surface area contributed by atoms with Crippen LogP contribution in [0.2, 0.25) is 5.02 Å². The number of carbonyl (C=O) groups is 1. The molecule has 2 aromatic carbocycles. The molecule has 0 N–H and O–H groups in total. The first-order valence-corrected chi connectivity index (χ1v) is 6.71. The highest BCUT2D eigenvalue weighted by Gasteiger charge is 2.00. The third-order valence-corrected chi connectivity index (χ3v) is 3.04. The van der Waals surface area contributed by atoms with E-state index < -0.39 is 5.97 Å². The number of benzene rings is 2. The molecule has 0 aromatic heterocycles. The Morgan fingerprint density at radius 1 is 1.16 bits per heavy atom. The van der Waals surface area contributed by atoms with Crippen LogP contribution in [0.15, 0.2) is 59.1 Å². The van der Waals surface area contributed by atoms with Crippen LogP contribution in [0.25, 0.3) is 6.08 Å². The van der Waals surface area contributed by atoms with Gasteiger partial charge in [0.25, 0.3) is 0 Å². The van der Waals surface area contributed by atoms with Gasteiger partial charge in [0.2, 0.25) is 0 Å². The lowest BCUT2D eigenvalue weighted by atomic mass is 10.2. The van der Waals surface area contributed by atoms with Crippen molar-refractivity contribution in [2.24, 2.45) is 0 Å². The molecule has 0 radical (unpaired) electrons. The molecule has 2 nitrogen and oxygen atoms in total. The van der Waals surface area contributed by atoms with E-state index in [0.29, 0.717) is 10.8 Å². The minimum atomic E-state index is -0.428. The topological polar surface area (TPSA) is 26.3 Å². The largest absolute Gasteiger partial charge is 0.423 e. The Morgan fingerprint density at radius 2 is 1.89 bits per heavy atom. The molecule has 0 fully saturated rings. The van der Waals surface area contributed by atoms with E-state index in [0.717, 1.165) is 10.0 Å². The molecular formula is C15H10BrClO2. The molecule has 96 valence electrons. The van der Waals surface area contributed by atoms with E-state index in [1.807, 2.05) is 24.3 Å². The number of rotatable bonds is 3. The average molecular weight is 338 g/mol. The van der Waals surface area contributed by atoms with E-state index in [9.17, 15) is 4.79 Å². The fourth-order valence-corrected chi connectivity index (χ4v) is 1.97. The Bertz CT molecular complexity index is 606. The van der Waals surface area contributed by atoms with Gasteiger partial charge in [0.15, 0.2) is 0 Å². The van der Waals surface area contributed by atoms with Crippen molar-refractivity contribution in [2.45, 2.75) is 0 Å². The number of hydrogen-bond acceptors (Lipinski definition) is 2. The fraction of sp³-hybridized carbons (Fsp3) is 0. The second-order valence-electron chi connectivity index (χ2n) is 3.76. The monoisotopic (exact) mass is 336 g/mol.